The van der Waals surface area contributed by atoms with Crippen LogP contribution in [0.2, 0.25) is 0 Å². The molecule has 2 heteroatoms. The Hall–Kier alpha value is -1.41. The number of hydrogen-bond acceptors (Lipinski definition) is 2. The molecule has 2 N–H and O–H groups in total. The van der Waals surface area contributed by atoms with Crippen molar-refractivity contribution in [3.63, 3.8) is 0 Å². The molecule has 2 nitrogen and oxygen atoms in total. The fraction of sp³-hybridized carbons (Fsp3) is 0.308. The highest BCUT2D eigenvalue weighted by Crippen LogP contribution is 2.33. The Kier molecular flexibility index (Phi) is 2.45. The number of rotatable bonds is 3. The molecule has 0 atom stereocenters. The van der Waals surface area contributed by atoms with E-state index in [1.807, 2.05) is 36.5 Å². The minimum atomic E-state index is -0.882. The van der Waals surface area contributed by atoms with Gasteiger partial charge >= 0.3 is 0 Å². The van der Waals surface area contributed by atoms with E-state index in [0.717, 1.165) is 24.0 Å². The molecule has 0 fully saturated rings. The molecule has 0 saturated carbocycles. The van der Waals surface area contributed by atoms with Crippen LogP contribution in [0.25, 0.3) is 0 Å². The Bertz CT molecular complexity index is 380. The summed E-state index contributed by atoms with van der Waals surface area (Å²) in [6.07, 6.45) is 13.5. The van der Waals surface area contributed by atoms with Crippen LogP contribution in [0, 0.1) is 0 Å². The smallest absolute Gasteiger partial charge is 0.158 e. The topological polar surface area (TPSA) is 43.1 Å². The zero-order chi connectivity index (χ0) is 10.9. The van der Waals surface area contributed by atoms with Crippen LogP contribution >= 0.6 is 0 Å². The number of hydrogen-bond donors (Lipinski definition) is 1. The van der Waals surface area contributed by atoms with Gasteiger partial charge in [0.15, 0.2) is 5.78 Å². The first-order chi connectivity index (χ1) is 7.15. The van der Waals surface area contributed by atoms with E-state index in [1.165, 1.54) is 0 Å². The number of carbonyl (C=O) groups excluding carboxylic acids is 1. The van der Waals surface area contributed by atoms with E-state index in [0.29, 0.717) is 0 Å². The van der Waals surface area contributed by atoms with Gasteiger partial charge in [0.25, 0.3) is 0 Å². The maximum atomic E-state index is 11.8. The monoisotopic (exact) mass is 201 g/mol. The van der Waals surface area contributed by atoms with Gasteiger partial charge in [-0.3, -0.25) is 4.79 Å². The Morgan fingerprint density at radius 2 is 1.67 bits per heavy atom. The molecule has 0 saturated heterocycles. The van der Waals surface area contributed by atoms with Crippen LogP contribution < -0.4 is 5.73 Å². The molecule has 0 aliphatic heterocycles. The highest BCUT2D eigenvalue weighted by Gasteiger charge is 2.38. The minimum absolute atomic E-state index is 0.0207. The molecule has 78 valence electrons. The lowest BCUT2D eigenvalue weighted by molar-refractivity contribution is -0.119. The van der Waals surface area contributed by atoms with E-state index in [-0.39, 0.29) is 5.78 Å². The van der Waals surface area contributed by atoms with E-state index < -0.39 is 5.54 Å². The molecular weight excluding hydrogens is 186 g/mol. The molecule has 2 aliphatic carbocycles. The molecule has 0 heterocycles. The Morgan fingerprint density at radius 3 is 1.93 bits per heavy atom. The summed E-state index contributed by atoms with van der Waals surface area (Å²) in [5.74, 6) is 0.0207. The summed E-state index contributed by atoms with van der Waals surface area (Å²) in [5.41, 5.74) is 7.41. The van der Waals surface area contributed by atoms with E-state index >= 15 is 0 Å². The van der Waals surface area contributed by atoms with Gasteiger partial charge in [-0.05, 0) is 30.9 Å². The minimum Gasteiger partial charge on any atom is -0.312 e. The second-order valence-electron chi connectivity index (χ2n) is 4.01. The summed E-state index contributed by atoms with van der Waals surface area (Å²) < 4.78 is 0. The van der Waals surface area contributed by atoms with Gasteiger partial charge in [-0.1, -0.05) is 36.5 Å². The Labute approximate surface area is 89.8 Å². The van der Waals surface area contributed by atoms with Crippen LogP contribution in [-0.4, -0.2) is 11.3 Å². The summed E-state index contributed by atoms with van der Waals surface area (Å²) in [7, 11) is 0. The van der Waals surface area contributed by atoms with Gasteiger partial charge in [0.2, 0.25) is 0 Å². The number of carbonyl (C=O) groups is 1. The highest BCUT2D eigenvalue weighted by molar-refractivity contribution is 5.94. The van der Waals surface area contributed by atoms with Crippen LogP contribution in [0.1, 0.15) is 19.8 Å². The molecule has 2 rings (SSSR count). The maximum Gasteiger partial charge on any atom is 0.158 e. The third kappa shape index (κ3) is 1.51. The lowest BCUT2D eigenvalue weighted by atomic mass is 9.79. The first-order valence-corrected chi connectivity index (χ1v) is 5.18. The molecule has 0 aromatic rings. The zero-order valence-electron chi connectivity index (χ0n) is 8.86. The van der Waals surface area contributed by atoms with Crippen molar-refractivity contribution >= 4 is 5.78 Å². The van der Waals surface area contributed by atoms with E-state index in [2.05, 4.69) is 0 Å². The lowest BCUT2D eigenvalue weighted by Crippen LogP contribution is -2.49. The van der Waals surface area contributed by atoms with Gasteiger partial charge in [0, 0.05) is 0 Å². The van der Waals surface area contributed by atoms with Gasteiger partial charge < -0.3 is 5.73 Å². The first kappa shape index (κ1) is 10.1. The van der Waals surface area contributed by atoms with Crippen LogP contribution in [-0.2, 0) is 4.79 Å². The quantitative estimate of drug-likeness (QED) is 0.759. The van der Waals surface area contributed by atoms with Crippen LogP contribution in [0.3, 0.4) is 0 Å². The van der Waals surface area contributed by atoms with Crippen molar-refractivity contribution in [1.29, 1.82) is 0 Å². The molecule has 0 spiro atoms. The number of allylic oxidation sites excluding steroid dienone is 6. The summed E-state index contributed by atoms with van der Waals surface area (Å²) in [6, 6.07) is 0. The highest BCUT2D eigenvalue weighted by atomic mass is 16.1. The molecule has 0 radical (unpaired) electrons. The largest absolute Gasteiger partial charge is 0.312 e. The van der Waals surface area contributed by atoms with Gasteiger partial charge in [0.1, 0.15) is 5.54 Å². The molecule has 0 bridgehead atoms. The zero-order valence-corrected chi connectivity index (χ0v) is 8.86. The standard InChI is InChI=1S/C13H15NO/c1-10(15)13(14,11-6-2-3-7-11)12-8-4-5-9-12/h2-6,8H,7,9,14H2,1H3. The van der Waals surface area contributed by atoms with Crippen molar-refractivity contribution in [2.24, 2.45) is 5.73 Å². The van der Waals surface area contributed by atoms with E-state index in [9.17, 15) is 4.79 Å². The van der Waals surface area contributed by atoms with Crippen molar-refractivity contribution in [3.8, 4) is 0 Å². The number of ketones is 1. The normalized spacial score (nSPS) is 19.3. The third-order valence-corrected chi connectivity index (χ3v) is 3.11. The molecule has 0 amide bonds. The molecule has 15 heavy (non-hydrogen) atoms. The van der Waals surface area contributed by atoms with Crippen LogP contribution in [0.5, 0.6) is 0 Å². The van der Waals surface area contributed by atoms with Crippen molar-refractivity contribution < 1.29 is 4.79 Å². The van der Waals surface area contributed by atoms with Crippen molar-refractivity contribution in [1.82, 2.24) is 0 Å². The number of Topliss-reactive ketones (excluding diaryl/α,β-unsaturated/α-hetero) is 1. The van der Waals surface area contributed by atoms with E-state index in [1.54, 1.807) is 6.92 Å². The first-order valence-electron chi connectivity index (χ1n) is 5.18. The van der Waals surface area contributed by atoms with Gasteiger partial charge in [-0.15, -0.1) is 0 Å². The van der Waals surface area contributed by atoms with Gasteiger partial charge in [-0.2, -0.15) is 0 Å². The summed E-state index contributed by atoms with van der Waals surface area (Å²) in [6.45, 7) is 1.57. The fourth-order valence-electron chi connectivity index (χ4n) is 2.14. The van der Waals surface area contributed by atoms with Crippen molar-refractivity contribution in [2.75, 3.05) is 0 Å². The van der Waals surface area contributed by atoms with Crippen LogP contribution in [0.4, 0.5) is 0 Å². The predicted molar refractivity (Wildman–Crippen MR) is 61.3 cm³/mol. The molecular formula is C13H15NO. The van der Waals surface area contributed by atoms with Crippen molar-refractivity contribution in [3.05, 3.63) is 47.6 Å². The van der Waals surface area contributed by atoms with Gasteiger partial charge in [-0.25, -0.2) is 0 Å². The van der Waals surface area contributed by atoms with Crippen LogP contribution in [0.15, 0.2) is 47.6 Å². The van der Waals surface area contributed by atoms with Gasteiger partial charge in [0.05, 0.1) is 0 Å². The third-order valence-electron chi connectivity index (χ3n) is 3.11. The summed E-state index contributed by atoms with van der Waals surface area (Å²) in [4.78, 5) is 11.8. The predicted octanol–water partition coefficient (Wildman–Crippen LogP) is 2.05. The average Bonchev–Trinajstić information content (AvgIpc) is 2.89. The second kappa shape index (κ2) is 3.63. The summed E-state index contributed by atoms with van der Waals surface area (Å²) >= 11 is 0. The Balaban J connectivity index is 2.36. The fourth-order valence-corrected chi connectivity index (χ4v) is 2.14. The Morgan fingerprint density at radius 1 is 1.20 bits per heavy atom. The average molecular weight is 201 g/mol. The molecule has 0 aromatic carbocycles. The SMILES string of the molecule is CC(=O)C(N)(C1=CC=CC1)C1=CC=CC1. The van der Waals surface area contributed by atoms with E-state index in [4.69, 9.17) is 5.73 Å². The maximum absolute atomic E-state index is 11.8. The molecule has 0 aromatic heterocycles. The summed E-state index contributed by atoms with van der Waals surface area (Å²) in [5, 5.41) is 0. The molecule has 0 unspecified atom stereocenters. The van der Waals surface area contributed by atoms with Crippen molar-refractivity contribution in [2.45, 2.75) is 25.3 Å². The number of nitrogens with two attached hydrogens (primary N) is 1. The molecule has 2 aliphatic rings. The second-order valence-corrected chi connectivity index (χ2v) is 4.01. The lowest BCUT2D eigenvalue weighted by Gasteiger charge is -2.30.